The summed E-state index contributed by atoms with van der Waals surface area (Å²) in [5.41, 5.74) is 0.576. The molecule has 1 saturated carbocycles. The molecule has 13 heavy (non-hydrogen) atoms. The first-order chi connectivity index (χ1) is 6.41. The van der Waals surface area contributed by atoms with Gasteiger partial charge in [0.2, 0.25) is 0 Å². The van der Waals surface area contributed by atoms with E-state index in [0.29, 0.717) is 5.54 Å². The summed E-state index contributed by atoms with van der Waals surface area (Å²) in [7, 11) is 0. The van der Waals surface area contributed by atoms with Gasteiger partial charge in [0.1, 0.15) is 0 Å². The molecule has 1 N–H and O–H groups in total. The Morgan fingerprint density at radius 3 is 1.77 bits per heavy atom. The smallest absolute Gasteiger partial charge is 0.0181 e. The molecule has 1 heteroatoms. The molecule has 0 bridgehead atoms. The molecule has 0 aromatic rings. The summed E-state index contributed by atoms with van der Waals surface area (Å²) in [6.07, 6.45) is 14.6. The van der Waals surface area contributed by atoms with Gasteiger partial charge in [-0.2, -0.15) is 0 Å². The quantitative estimate of drug-likeness (QED) is 0.605. The highest BCUT2D eigenvalue weighted by Gasteiger charge is 2.30. The SMILES string of the molecule is C1CCCC2(CC1)CCCCCN2. The van der Waals surface area contributed by atoms with Gasteiger partial charge < -0.3 is 5.32 Å². The predicted molar refractivity (Wildman–Crippen MR) is 56.9 cm³/mol. The third kappa shape index (κ3) is 2.46. The van der Waals surface area contributed by atoms with Crippen molar-refractivity contribution < 1.29 is 0 Å². The van der Waals surface area contributed by atoms with Gasteiger partial charge in [0.15, 0.2) is 0 Å². The number of hydrogen-bond acceptors (Lipinski definition) is 1. The van der Waals surface area contributed by atoms with Gasteiger partial charge in [0.05, 0.1) is 0 Å². The zero-order chi connectivity index (χ0) is 8.99. The van der Waals surface area contributed by atoms with E-state index < -0.39 is 0 Å². The minimum Gasteiger partial charge on any atom is -0.311 e. The van der Waals surface area contributed by atoms with Crippen LogP contribution >= 0.6 is 0 Å². The Hall–Kier alpha value is -0.0400. The number of hydrogen-bond donors (Lipinski definition) is 1. The lowest BCUT2D eigenvalue weighted by molar-refractivity contribution is 0.277. The average Bonchev–Trinajstić information content (AvgIpc) is 2.50. The number of rotatable bonds is 0. The monoisotopic (exact) mass is 181 g/mol. The van der Waals surface area contributed by atoms with Crippen molar-refractivity contribution in [3.63, 3.8) is 0 Å². The number of nitrogens with one attached hydrogen (secondary N) is 1. The molecular formula is C12H23N. The first kappa shape index (κ1) is 9.51. The maximum atomic E-state index is 3.84. The van der Waals surface area contributed by atoms with Gasteiger partial charge in [0.25, 0.3) is 0 Å². The van der Waals surface area contributed by atoms with Crippen molar-refractivity contribution in [1.29, 1.82) is 0 Å². The Morgan fingerprint density at radius 2 is 1.15 bits per heavy atom. The molecule has 1 nitrogen and oxygen atoms in total. The van der Waals surface area contributed by atoms with E-state index in [1.165, 1.54) is 70.8 Å². The Morgan fingerprint density at radius 1 is 0.615 bits per heavy atom. The second-order valence-corrected chi connectivity index (χ2v) is 4.93. The van der Waals surface area contributed by atoms with E-state index in [9.17, 15) is 0 Å². The molecule has 0 radical (unpaired) electrons. The fourth-order valence-corrected chi connectivity index (χ4v) is 3.04. The van der Waals surface area contributed by atoms with Crippen molar-refractivity contribution in [3.8, 4) is 0 Å². The molecular weight excluding hydrogens is 158 g/mol. The van der Waals surface area contributed by atoms with Gasteiger partial charge >= 0.3 is 0 Å². The van der Waals surface area contributed by atoms with Crippen LogP contribution in [0.2, 0.25) is 0 Å². The van der Waals surface area contributed by atoms with Crippen LogP contribution in [-0.2, 0) is 0 Å². The van der Waals surface area contributed by atoms with E-state index >= 15 is 0 Å². The summed E-state index contributed by atoms with van der Waals surface area (Å²) < 4.78 is 0. The summed E-state index contributed by atoms with van der Waals surface area (Å²) in [4.78, 5) is 0. The molecule has 1 saturated heterocycles. The van der Waals surface area contributed by atoms with Gasteiger partial charge in [-0.15, -0.1) is 0 Å². The maximum absolute atomic E-state index is 3.84. The normalized spacial score (nSPS) is 29.5. The highest BCUT2D eigenvalue weighted by Crippen LogP contribution is 2.32. The van der Waals surface area contributed by atoms with Crippen molar-refractivity contribution in [2.24, 2.45) is 0 Å². The molecule has 0 aromatic carbocycles. The van der Waals surface area contributed by atoms with Crippen LogP contribution in [0.15, 0.2) is 0 Å². The predicted octanol–water partition coefficient (Wildman–Crippen LogP) is 3.24. The molecule has 76 valence electrons. The molecule has 0 amide bonds. The molecule has 2 rings (SSSR count). The summed E-state index contributed by atoms with van der Waals surface area (Å²) >= 11 is 0. The molecule has 1 aliphatic carbocycles. The highest BCUT2D eigenvalue weighted by molar-refractivity contribution is 4.90. The fraction of sp³-hybridized carbons (Fsp3) is 1.00. The van der Waals surface area contributed by atoms with Crippen LogP contribution in [0.4, 0.5) is 0 Å². The first-order valence-electron chi connectivity index (χ1n) is 6.16. The molecule has 0 aromatic heterocycles. The van der Waals surface area contributed by atoms with Crippen LogP contribution in [0.3, 0.4) is 0 Å². The fourth-order valence-electron chi connectivity index (χ4n) is 3.04. The second kappa shape index (κ2) is 4.45. The van der Waals surface area contributed by atoms with E-state index in [4.69, 9.17) is 0 Å². The van der Waals surface area contributed by atoms with Crippen LogP contribution in [-0.4, -0.2) is 12.1 Å². The Bertz CT molecular complexity index is 116. The van der Waals surface area contributed by atoms with Crippen molar-refractivity contribution in [2.75, 3.05) is 6.54 Å². The average molecular weight is 181 g/mol. The van der Waals surface area contributed by atoms with Crippen LogP contribution in [0.5, 0.6) is 0 Å². The van der Waals surface area contributed by atoms with Crippen LogP contribution in [0.25, 0.3) is 0 Å². The molecule has 1 heterocycles. The molecule has 0 unspecified atom stereocenters. The Kier molecular flexibility index (Phi) is 3.26. The zero-order valence-electron chi connectivity index (χ0n) is 8.78. The summed E-state index contributed by atoms with van der Waals surface area (Å²) in [5, 5.41) is 3.84. The minimum atomic E-state index is 0.576. The van der Waals surface area contributed by atoms with Gasteiger partial charge in [-0.25, -0.2) is 0 Å². The van der Waals surface area contributed by atoms with E-state index in [1.54, 1.807) is 0 Å². The summed E-state index contributed by atoms with van der Waals surface area (Å²) in [6.45, 7) is 1.28. The largest absolute Gasteiger partial charge is 0.311 e. The minimum absolute atomic E-state index is 0.576. The zero-order valence-corrected chi connectivity index (χ0v) is 8.78. The topological polar surface area (TPSA) is 12.0 Å². The maximum Gasteiger partial charge on any atom is 0.0181 e. The lowest BCUT2D eigenvalue weighted by Crippen LogP contribution is -2.44. The standard InChI is InChI=1S/C12H23N/c1-2-5-9-12(8-4-1)10-6-3-7-11-13-12/h13H,1-11H2. The van der Waals surface area contributed by atoms with Gasteiger partial charge in [-0.1, -0.05) is 38.5 Å². The van der Waals surface area contributed by atoms with Crippen molar-refractivity contribution in [1.82, 2.24) is 5.32 Å². The lowest BCUT2D eigenvalue weighted by atomic mass is 9.86. The van der Waals surface area contributed by atoms with Gasteiger partial charge in [-0.3, -0.25) is 0 Å². The first-order valence-corrected chi connectivity index (χ1v) is 6.16. The van der Waals surface area contributed by atoms with Crippen LogP contribution < -0.4 is 5.32 Å². The van der Waals surface area contributed by atoms with Crippen LogP contribution in [0.1, 0.15) is 64.2 Å². The molecule has 1 spiro atoms. The molecule has 2 aliphatic rings. The van der Waals surface area contributed by atoms with Crippen molar-refractivity contribution >= 4 is 0 Å². The molecule has 1 aliphatic heterocycles. The third-order valence-electron chi connectivity index (χ3n) is 3.89. The van der Waals surface area contributed by atoms with Crippen molar-refractivity contribution in [3.05, 3.63) is 0 Å². The van der Waals surface area contributed by atoms with E-state index in [-0.39, 0.29) is 0 Å². The summed E-state index contributed by atoms with van der Waals surface area (Å²) in [6, 6.07) is 0. The third-order valence-corrected chi connectivity index (χ3v) is 3.89. The van der Waals surface area contributed by atoms with E-state index in [0.717, 1.165) is 0 Å². The van der Waals surface area contributed by atoms with Crippen molar-refractivity contribution in [2.45, 2.75) is 69.7 Å². The lowest BCUT2D eigenvalue weighted by Gasteiger charge is -2.32. The van der Waals surface area contributed by atoms with Gasteiger partial charge in [0, 0.05) is 5.54 Å². The Balaban J connectivity index is 1.97. The van der Waals surface area contributed by atoms with Crippen LogP contribution in [0, 0.1) is 0 Å². The second-order valence-electron chi connectivity index (χ2n) is 4.93. The van der Waals surface area contributed by atoms with Gasteiger partial charge in [-0.05, 0) is 32.2 Å². The van der Waals surface area contributed by atoms with E-state index in [2.05, 4.69) is 5.32 Å². The van der Waals surface area contributed by atoms with E-state index in [1.807, 2.05) is 0 Å². The molecule has 2 fully saturated rings. The summed E-state index contributed by atoms with van der Waals surface area (Å²) in [5.74, 6) is 0. The Labute approximate surface area is 82.3 Å². The molecule has 0 atom stereocenters. The highest BCUT2D eigenvalue weighted by atomic mass is 15.0.